The molecule has 1 saturated carbocycles. The quantitative estimate of drug-likeness (QED) is 0.279. The molecule has 0 radical (unpaired) electrons. The van der Waals surface area contributed by atoms with Gasteiger partial charge in [-0.05, 0) is 47.9 Å². The molecule has 0 saturated heterocycles. The highest BCUT2D eigenvalue weighted by Gasteiger charge is 2.25. The SMILES string of the molecule is O=c1c2cc(Cc3ccc(Cl)nc3)c3ccccc3c2ncn1[C@H]1CCCCC[C@@H]1O. The third-order valence-corrected chi connectivity index (χ3v) is 6.59. The number of benzene rings is 2. The normalized spacial score (nSPS) is 19.5. The van der Waals surface area contributed by atoms with Crippen molar-refractivity contribution in [2.45, 2.75) is 50.7 Å². The number of pyridine rings is 1. The highest BCUT2D eigenvalue weighted by molar-refractivity contribution is 6.29. The lowest BCUT2D eigenvalue weighted by Gasteiger charge is -2.23. The smallest absolute Gasteiger partial charge is 0.261 e. The molecule has 0 spiro atoms. The van der Waals surface area contributed by atoms with Crippen molar-refractivity contribution in [1.82, 2.24) is 14.5 Å². The Morgan fingerprint density at radius 2 is 1.81 bits per heavy atom. The van der Waals surface area contributed by atoms with Crippen molar-refractivity contribution in [3.63, 3.8) is 0 Å². The van der Waals surface area contributed by atoms with Crippen molar-refractivity contribution in [3.8, 4) is 0 Å². The molecule has 0 amide bonds. The molecule has 0 unspecified atom stereocenters. The van der Waals surface area contributed by atoms with E-state index in [0.717, 1.165) is 54.0 Å². The van der Waals surface area contributed by atoms with Crippen LogP contribution in [0.5, 0.6) is 0 Å². The van der Waals surface area contributed by atoms with Gasteiger partial charge in [-0.1, -0.05) is 61.2 Å². The van der Waals surface area contributed by atoms with Gasteiger partial charge in [-0.25, -0.2) is 9.97 Å². The Bertz CT molecular complexity index is 1300. The zero-order valence-electron chi connectivity index (χ0n) is 17.2. The van der Waals surface area contributed by atoms with E-state index >= 15 is 0 Å². The van der Waals surface area contributed by atoms with E-state index in [0.29, 0.717) is 22.5 Å². The molecule has 1 fully saturated rings. The van der Waals surface area contributed by atoms with Gasteiger partial charge in [0.1, 0.15) is 5.15 Å². The minimum absolute atomic E-state index is 0.0859. The van der Waals surface area contributed by atoms with Crippen LogP contribution in [0.25, 0.3) is 21.7 Å². The molecule has 1 aliphatic carbocycles. The van der Waals surface area contributed by atoms with Crippen LogP contribution in [0, 0.1) is 0 Å². The van der Waals surface area contributed by atoms with E-state index in [1.165, 1.54) is 0 Å². The molecule has 6 heteroatoms. The van der Waals surface area contributed by atoms with Gasteiger partial charge in [0.25, 0.3) is 5.56 Å². The molecule has 158 valence electrons. The van der Waals surface area contributed by atoms with Gasteiger partial charge in [-0.15, -0.1) is 0 Å². The van der Waals surface area contributed by atoms with Gasteiger partial charge in [0.2, 0.25) is 0 Å². The Morgan fingerprint density at radius 3 is 2.61 bits per heavy atom. The molecule has 0 aliphatic heterocycles. The van der Waals surface area contributed by atoms with Crippen molar-refractivity contribution in [1.29, 1.82) is 0 Å². The lowest BCUT2D eigenvalue weighted by atomic mass is 9.96. The zero-order valence-corrected chi connectivity index (χ0v) is 17.9. The third kappa shape index (κ3) is 3.84. The van der Waals surface area contributed by atoms with E-state index in [1.807, 2.05) is 30.3 Å². The van der Waals surface area contributed by atoms with E-state index in [-0.39, 0.29) is 11.6 Å². The van der Waals surface area contributed by atoms with Crippen molar-refractivity contribution in [3.05, 3.63) is 81.6 Å². The maximum Gasteiger partial charge on any atom is 0.261 e. The highest BCUT2D eigenvalue weighted by Crippen LogP contribution is 2.30. The maximum absolute atomic E-state index is 13.6. The van der Waals surface area contributed by atoms with E-state index < -0.39 is 6.10 Å². The lowest BCUT2D eigenvalue weighted by Crippen LogP contribution is -2.32. The van der Waals surface area contributed by atoms with Gasteiger partial charge in [0.05, 0.1) is 29.4 Å². The first-order valence-electron chi connectivity index (χ1n) is 10.8. The summed E-state index contributed by atoms with van der Waals surface area (Å²) in [7, 11) is 0. The lowest BCUT2D eigenvalue weighted by molar-refractivity contribution is 0.103. The predicted molar refractivity (Wildman–Crippen MR) is 124 cm³/mol. The largest absolute Gasteiger partial charge is 0.391 e. The molecule has 5 rings (SSSR count). The van der Waals surface area contributed by atoms with E-state index in [4.69, 9.17) is 16.6 Å². The molecular formula is C25H24ClN3O2. The second kappa shape index (κ2) is 8.40. The molecule has 1 N–H and O–H groups in total. The Hall–Kier alpha value is -2.76. The van der Waals surface area contributed by atoms with Crippen molar-refractivity contribution < 1.29 is 5.11 Å². The summed E-state index contributed by atoms with van der Waals surface area (Å²) >= 11 is 5.94. The van der Waals surface area contributed by atoms with Crippen LogP contribution in [-0.2, 0) is 6.42 Å². The van der Waals surface area contributed by atoms with Gasteiger partial charge in [-0.2, -0.15) is 0 Å². The van der Waals surface area contributed by atoms with Gasteiger partial charge in [-0.3, -0.25) is 9.36 Å². The average molecular weight is 434 g/mol. The number of aliphatic hydroxyl groups excluding tert-OH is 1. The van der Waals surface area contributed by atoms with Crippen LogP contribution < -0.4 is 5.56 Å². The Kier molecular flexibility index (Phi) is 5.47. The number of fused-ring (bicyclic) bond motifs is 3. The Labute approximate surface area is 185 Å². The Balaban J connectivity index is 1.68. The number of aliphatic hydroxyl groups is 1. The van der Waals surface area contributed by atoms with Crippen LogP contribution in [0.1, 0.15) is 49.3 Å². The maximum atomic E-state index is 13.6. The number of halogens is 1. The molecule has 2 aromatic carbocycles. The summed E-state index contributed by atoms with van der Waals surface area (Å²) in [6, 6.07) is 13.5. The van der Waals surface area contributed by atoms with Crippen LogP contribution in [-0.4, -0.2) is 25.7 Å². The minimum Gasteiger partial charge on any atom is -0.391 e. The van der Waals surface area contributed by atoms with Gasteiger partial charge in [0.15, 0.2) is 0 Å². The molecule has 4 aromatic rings. The summed E-state index contributed by atoms with van der Waals surface area (Å²) in [6.07, 6.45) is 8.14. The second-order valence-corrected chi connectivity index (χ2v) is 8.76. The van der Waals surface area contributed by atoms with E-state index in [1.54, 1.807) is 23.2 Å². The summed E-state index contributed by atoms with van der Waals surface area (Å²) in [5.41, 5.74) is 2.69. The molecule has 0 bridgehead atoms. The van der Waals surface area contributed by atoms with Gasteiger partial charge >= 0.3 is 0 Å². The molecule has 1 aliphatic rings. The summed E-state index contributed by atoms with van der Waals surface area (Å²) in [5, 5.41) is 13.7. The first-order valence-corrected chi connectivity index (χ1v) is 11.2. The van der Waals surface area contributed by atoms with Crippen LogP contribution in [0.4, 0.5) is 0 Å². The third-order valence-electron chi connectivity index (χ3n) is 6.36. The number of rotatable bonds is 3. The van der Waals surface area contributed by atoms with E-state index in [2.05, 4.69) is 11.1 Å². The molecular weight excluding hydrogens is 410 g/mol. The molecule has 31 heavy (non-hydrogen) atoms. The topological polar surface area (TPSA) is 68.0 Å². The monoisotopic (exact) mass is 433 g/mol. The van der Waals surface area contributed by atoms with Crippen molar-refractivity contribution in [2.24, 2.45) is 0 Å². The van der Waals surface area contributed by atoms with Crippen LogP contribution in [0.3, 0.4) is 0 Å². The predicted octanol–water partition coefficient (Wildman–Crippen LogP) is 5.06. The number of hydrogen-bond acceptors (Lipinski definition) is 4. The minimum atomic E-state index is -0.514. The fourth-order valence-corrected chi connectivity index (χ4v) is 4.87. The molecule has 5 nitrogen and oxygen atoms in total. The highest BCUT2D eigenvalue weighted by atomic mass is 35.5. The summed E-state index contributed by atoms with van der Waals surface area (Å²) < 4.78 is 1.65. The first-order chi connectivity index (χ1) is 15.1. The molecule has 2 aromatic heterocycles. The summed E-state index contributed by atoms with van der Waals surface area (Å²) in [6.45, 7) is 0. The first kappa shape index (κ1) is 20.2. The second-order valence-electron chi connectivity index (χ2n) is 8.37. The molecule has 2 atom stereocenters. The van der Waals surface area contributed by atoms with Gasteiger partial charge in [0, 0.05) is 11.6 Å². The van der Waals surface area contributed by atoms with Crippen molar-refractivity contribution in [2.75, 3.05) is 0 Å². The summed E-state index contributed by atoms with van der Waals surface area (Å²) in [4.78, 5) is 22.4. The molecule has 2 heterocycles. The number of hydrogen-bond donors (Lipinski definition) is 1. The average Bonchev–Trinajstić information content (AvgIpc) is 3.00. The number of nitrogens with zero attached hydrogens (tertiary/aromatic N) is 3. The standard InChI is InChI=1S/C25H24ClN3O2/c26-23-11-10-16(14-27-23)12-17-13-20-24(19-7-5-4-6-18(17)19)28-15-29(25(20)31)21-8-2-1-3-9-22(21)30/h4-7,10-11,13-15,21-22,30H,1-3,8-9,12H2/t21-,22-/m0/s1. The number of aromatic nitrogens is 3. The van der Waals surface area contributed by atoms with Crippen molar-refractivity contribution >= 4 is 33.3 Å². The van der Waals surface area contributed by atoms with Crippen LogP contribution >= 0.6 is 11.6 Å². The van der Waals surface area contributed by atoms with Crippen LogP contribution in [0.2, 0.25) is 5.15 Å². The van der Waals surface area contributed by atoms with Gasteiger partial charge < -0.3 is 5.11 Å². The fourth-order valence-electron chi connectivity index (χ4n) is 4.76. The Morgan fingerprint density at radius 1 is 1.00 bits per heavy atom. The van der Waals surface area contributed by atoms with E-state index in [9.17, 15) is 9.90 Å². The van der Waals surface area contributed by atoms with Crippen LogP contribution in [0.15, 0.2) is 59.8 Å². The zero-order chi connectivity index (χ0) is 21.4. The summed E-state index contributed by atoms with van der Waals surface area (Å²) in [5.74, 6) is 0. The fraction of sp³-hybridized carbons (Fsp3) is 0.320.